The van der Waals surface area contributed by atoms with E-state index in [0.717, 1.165) is 29.8 Å². The van der Waals surface area contributed by atoms with E-state index in [-0.39, 0.29) is 12.3 Å². The Bertz CT molecular complexity index is 316. The number of halogens is 1. The number of aliphatic hydroxyl groups excluding tert-OH is 1. The maximum absolute atomic E-state index is 9.48. The molecule has 1 aromatic carbocycles. The molecule has 2 unspecified atom stereocenters. The number of rotatable bonds is 1. The van der Waals surface area contributed by atoms with Crippen LogP contribution in [0.2, 0.25) is 5.02 Å². The molecular weight excluding hydrogens is 198 g/mol. The second-order valence-electron chi connectivity index (χ2n) is 3.69. The molecule has 14 heavy (non-hydrogen) atoms. The fourth-order valence-electron chi connectivity index (χ4n) is 1.92. The van der Waals surface area contributed by atoms with Gasteiger partial charge in [0.2, 0.25) is 0 Å². The lowest BCUT2D eigenvalue weighted by atomic mass is 9.97. The fourth-order valence-corrected chi connectivity index (χ4v) is 2.18. The first-order valence-electron chi connectivity index (χ1n) is 4.96. The van der Waals surface area contributed by atoms with Crippen molar-refractivity contribution in [2.45, 2.75) is 31.5 Å². The van der Waals surface area contributed by atoms with E-state index in [1.165, 1.54) is 0 Å². The van der Waals surface area contributed by atoms with Gasteiger partial charge >= 0.3 is 0 Å². The summed E-state index contributed by atoms with van der Waals surface area (Å²) < 4.78 is 0. The minimum Gasteiger partial charge on any atom is -0.379 e. The zero-order valence-electron chi connectivity index (χ0n) is 7.91. The van der Waals surface area contributed by atoms with Crippen LogP contribution in [-0.2, 0) is 0 Å². The quantitative estimate of drug-likeness (QED) is 0.748. The molecule has 2 nitrogen and oxygen atoms in total. The second-order valence-corrected chi connectivity index (χ2v) is 4.09. The molecule has 2 rings (SSSR count). The number of aliphatic hydroxyl groups is 1. The van der Waals surface area contributed by atoms with E-state index >= 15 is 0 Å². The third kappa shape index (κ3) is 2.08. The van der Waals surface area contributed by atoms with Crippen LogP contribution in [0.4, 0.5) is 0 Å². The van der Waals surface area contributed by atoms with Crippen LogP contribution in [0.1, 0.15) is 30.9 Å². The highest BCUT2D eigenvalue weighted by atomic mass is 35.5. The Kier molecular flexibility index (Phi) is 3.06. The van der Waals surface area contributed by atoms with Gasteiger partial charge in [0.05, 0.1) is 0 Å². The summed E-state index contributed by atoms with van der Waals surface area (Å²) in [4.78, 5) is 0. The maximum Gasteiger partial charge on any atom is 0.105 e. The molecule has 0 aliphatic carbocycles. The smallest absolute Gasteiger partial charge is 0.105 e. The molecule has 0 radical (unpaired) electrons. The molecule has 1 fully saturated rings. The van der Waals surface area contributed by atoms with Crippen LogP contribution in [0.25, 0.3) is 0 Å². The summed E-state index contributed by atoms with van der Waals surface area (Å²) in [6.07, 6.45) is 2.54. The topological polar surface area (TPSA) is 32.3 Å². The van der Waals surface area contributed by atoms with E-state index in [1.54, 1.807) is 0 Å². The van der Waals surface area contributed by atoms with Crippen LogP contribution in [0.5, 0.6) is 0 Å². The van der Waals surface area contributed by atoms with E-state index in [0.29, 0.717) is 0 Å². The molecule has 76 valence electrons. The van der Waals surface area contributed by atoms with E-state index in [4.69, 9.17) is 11.6 Å². The molecule has 2 N–H and O–H groups in total. The lowest BCUT2D eigenvalue weighted by Gasteiger charge is -2.28. The van der Waals surface area contributed by atoms with Gasteiger partial charge in [-0.2, -0.15) is 0 Å². The Labute approximate surface area is 88.9 Å². The second kappa shape index (κ2) is 4.30. The Morgan fingerprint density at radius 3 is 2.79 bits per heavy atom. The molecule has 2 atom stereocenters. The van der Waals surface area contributed by atoms with Crippen LogP contribution < -0.4 is 5.32 Å². The van der Waals surface area contributed by atoms with Crippen molar-refractivity contribution in [1.82, 2.24) is 5.32 Å². The third-order valence-electron chi connectivity index (χ3n) is 2.64. The average molecular weight is 212 g/mol. The van der Waals surface area contributed by atoms with Crippen molar-refractivity contribution in [2.24, 2.45) is 0 Å². The van der Waals surface area contributed by atoms with Crippen molar-refractivity contribution in [3.05, 3.63) is 34.9 Å². The van der Waals surface area contributed by atoms with Crippen molar-refractivity contribution in [1.29, 1.82) is 0 Å². The first kappa shape index (κ1) is 9.97. The summed E-state index contributed by atoms with van der Waals surface area (Å²) in [5.41, 5.74) is 1.09. The number of nitrogens with one attached hydrogen (secondary N) is 1. The van der Waals surface area contributed by atoms with E-state index in [1.807, 2.05) is 24.3 Å². The Hall–Kier alpha value is -0.570. The van der Waals surface area contributed by atoms with Gasteiger partial charge < -0.3 is 5.11 Å². The van der Waals surface area contributed by atoms with Crippen molar-refractivity contribution >= 4 is 11.6 Å². The van der Waals surface area contributed by atoms with Crippen LogP contribution in [0.15, 0.2) is 24.3 Å². The van der Waals surface area contributed by atoms with Crippen LogP contribution in [0.3, 0.4) is 0 Å². The first-order chi connectivity index (χ1) is 6.77. The van der Waals surface area contributed by atoms with Gasteiger partial charge in [-0.25, -0.2) is 0 Å². The molecule has 0 saturated carbocycles. The normalized spacial score (nSPS) is 27.6. The van der Waals surface area contributed by atoms with Gasteiger partial charge in [-0.15, -0.1) is 0 Å². The molecule has 1 heterocycles. The van der Waals surface area contributed by atoms with E-state index < -0.39 is 0 Å². The molecule has 1 aliphatic rings. The molecule has 0 spiro atoms. The number of hydrogen-bond donors (Lipinski definition) is 2. The van der Waals surface area contributed by atoms with Gasteiger partial charge in [-0.1, -0.05) is 29.8 Å². The lowest BCUT2D eigenvalue weighted by molar-refractivity contribution is 0.0853. The highest BCUT2D eigenvalue weighted by Crippen LogP contribution is 2.29. The zero-order chi connectivity index (χ0) is 9.97. The van der Waals surface area contributed by atoms with E-state index in [2.05, 4.69) is 5.32 Å². The van der Waals surface area contributed by atoms with Gasteiger partial charge in [0.15, 0.2) is 0 Å². The minimum atomic E-state index is -0.384. The average Bonchev–Trinajstić information content (AvgIpc) is 2.18. The number of hydrogen-bond acceptors (Lipinski definition) is 2. The monoisotopic (exact) mass is 211 g/mol. The van der Waals surface area contributed by atoms with Crippen molar-refractivity contribution in [2.75, 3.05) is 0 Å². The molecule has 1 aromatic rings. The third-order valence-corrected chi connectivity index (χ3v) is 2.99. The summed E-state index contributed by atoms with van der Waals surface area (Å²) in [5.74, 6) is 0. The Morgan fingerprint density at radius 2 is 2.07 bits per heavy atom. The minimum absolute atomic E-state index is 0.201. The van der Waals surface area contributed by atoms with Gasteiger partial charge in [-0.05, 0) is 30.9 Å². The number of piperidine rings is 1. The summed E-state index contributed by atoms with van der Waals surface area (Å²) in [7, 11) is 0. The Morgan fingerprint density at radius 1 is 1.29 bits per heavy atom. The summed E-state index contributed by atoms with van der Waals surface area (Å²) in [6.45, 7) is 0. The van der Waals surface area contributed by atoms with E-state index in [9.17, 15) is 5.11 Å². The maximum atomic E-state index is 9.48. The fraction of sp³-hybridized carbons (Fsp3) is 0.455. The largest absolute Gasteiger partial charge is 0.379 e. The van der Waals surface area contributed by atoms with Crippen molar-refractivity contribution in [3.8, 4) is 0 Å². The lowest BCUT2D eigenvalue weighted by Crippen LogP contribution is -2.36. The molecule has 0 aromatic heterocycles. The first-order valence-corrected chi connectivity index (χ1v) is 5.34. The van der Waals surface area contributed by atoms with Crippen LogP contribution in [0, 0.1) is 0 Å². The van der Waals surface area contributed by atoms with Crippen LogP contribution in [-0.4, -0.2) is 11.3 Å². The SMILES string of the molecule is OC1CCCC(c2ccccc2Cl)N1. The summed E-state index contributed by atoms with van der Waals surface area (Å²) in [6, 6.07) is 8.00. The summed E-state index contributed by atoms with van der Waals surface area (Å²) in [5, 5.41) is 13.4. The summed E-state index contributed by atoms with van der Waals surface area (Å²) >= 11 is 6.08. The van der Waals surface area contributed by atoms with Gasteiger partial charge in [0, 0.05) is 11.1 Å². The van der Waals surface area contributed by atoms with Gasteiger partial charge in [0.1, 0.15) is 6.23 Å². The predicted molar refractivity (Wildman–Crippen MR) is 57.2 cm³/mol. The highest BCUT2D eigenvalue weighted by Gasteiger charge is 2.21. The van der Waals surface area contributed by atoms with Crippen LogP contribution >= 0.6 is 11.6 Å². The zero-order valence-corrected chi connectivity index (χ0v) is 8.67. The van der Waals surface area contributed by atoms with Crippen molar-refractivity contribution < 1.29 is 5.11 Å². The predicted octanol–water partition coefficient (Wildman–Crippen LogP) is 2.47. The molecule has 1 saturated heterocycles. The Balaban J connectivity index is 2.18. The molecule has 0 amide bonds. The molecule has 3 heteroatoms. The van der Waals surface area contributed by atoms with Gasteiger partial charge in [-0.3, -0.25) is 5.32 Å². The standard InChI is InChI=1S/C11H14ClNO/c12-9-5-2-1-4-8(9)10-6-3-7-11(14)13-10/h1-2,4-5,10-11,13-14H,3,6-7H2. The molecule has 1 aliphatic heterocycles. The molecular formula is C11H14ClNO. The highest BCUT2D eigenvalue weighted by molar-refractivity contribution is 6.31. The molecule has 0 bridgehead atoms. The van der Waals surface area contributed by atoms with Gasteiger partial charge in [0.25, 0.3) is 0 Å². The number of benzene rings is 1. The van der Waals surface area contributed by atoms with Crippen molar-refractivity contribution in [3.63, 3.8) is 0 Å².